The van der Waals surface area contributed by atoms with Gasteiger partial charge in [0.15, 0.2) is 0 Å². The van der Waals surface area contributed by atoms with E-state index < -0.39 is 21.6 Å². The number of halogens is 1. The minimum atomic E-state index is -3.72. The number of likely N-dealkylation sites (tertiary alicyclic amines) is 1. The second-order valence-electron chi connectivity index (χ2n) is 9.47. The van der Waals surface area contributed by atoms with E-state index in [0.717, 1.165) is 30.0 Å². The van der Waals surface area contributed by atoms with Gasteiger partial charge in [0.25, 0.3) is 0 Å². The molecular formula is C27H30FN3O3S. The van der Waals surface area contributed by atoms with Crippen LogP contribution in [0.25, 0.3) is 11.1 Å². The highest BCUT2D eigenvalue weighted by molar-refractivity contribution is 7.91. The van der Waals surface area contributed by atoms with Crippen molar-refractivity contribution in [3.8, 4) is 16.9 Å². The Hall–Kier alpha value is -2.94. The molecule has 184 valence electrons. The first-order chi connectivity index (χ1) is 16.8. The van der Waals surface area contributed by atoms with E-state index in [0.29, 0.717) is 25.1 Å². The van der Waals surface area contributed by atoms with Gasteiger partial charge in [-0.25, -0.2) is 4.39 Å². The van der Waals surface area contributed by atoms with E-state index >= 15 is 0 Å². The van der Waals surface area contributed by atoms with Gasteiger partial charge in [-0.1, -0.05) is 42.5 Å². The summed E-state index contributed by atoms with van der Waals surface area (Å²) in [6.45, 7) is 3.97. The standard InChI is InChI=1S/C27H30FN3O3S/c1-20-17-27(19-29-35(32,33)31(27)24-10-6-9-23(28)16-24)13-14-30(20)18-21-7-5-8-22(15-21)25-11-3-4-12-26(25)34-2/h3-12,15-16,20,29H,13-14,17-19H2,1-2H3/t20-,27+/m0/s1. The molecule has 0 bridgehead atoms. The van der Waals surface area contributed by atoms with E-state index in [2.05, 4.69) is 46.9 Å². The predicted molar refractivity (Wildman–Crippen MR) is 136 cm³/mol. The molecule has 8 heteroatoms. The molecule has 3 aromatic rings. The summed E-state index contributed by atoms with van der Waals surface area (Å²) in [7, 11) is -2.04. The average Bonchev–Trinajstić information content (AvgIpc) is 3.10. The van der Waals surface area contributed by atoms with Crippen LogP contribution in [0.1, 0.15) is 25.3 Å². The van der Waals surface area contributed by atoms with E-state index in [4.69, 9.17) is 4.74 Å². The number of methoxy groups -OCH3 is 1. The lowest BCUT2D eigenvalue weighted by Crippen LogP contribution is -2.57. The van der Waals surface area contributed by atoms with Crippen LogP contribution >= 0.6 is 0 Å². The molecule has 2 fully saturated rings. The number of anilines is 1. The molecule has 0 saturated carbocycles. The van der Waals surface area contributed by atoms with Gasteiger partial charge in [0.1, 0.15) is 11.6 Å². The highest BCUT2D eigenvalue weighted by atomic mass is 32.2. The van der Waals surface area contributed by atoms with Crippen LogP contribution in [0.3, 0.4) is 0 Å². The molecule has 0 aromatic heterocycles. The van der Waals surface area contributed by atoms with Gasteiger partial charge in [0, 0.05) is 31.2 Å². The summed E-state index contributed by atoms with van der Waals surface area (Å²) in [6.07, 6.45) is 1.31. The van der Waals surface area contributed by atoms with Crippen LogP contribution in [0.4, 0.5) is 10.1 Å². The van der Waals surface area contributed by atoms with E-state index in [1.807, 2.05) is 18.2 Å². The van der Waals surface area contributed by atoms with Crippen molar-refractivity contribution in [2.45, 2.75) is 37.9 Å². The summed E-state index contributed by atoms with van der Waals surface area (Å²) < 4.78 is 49.4. The summed E-state index contributed by atoms with van der Waals surface area (Å²) in [5.74, 6) is 0.394. The molecule has 6 nitrogen and oxygen atoms in total. The monoisotopic (exact) mass is 495 g/mol. The topological polar surface area (TPSA) is 61.9 Å². The molecule has 2 heterocycles. The van der Waals surface area contributed by atoms with Gasteiger partial charge in [0.05, 0.1) is 18.3 Å². The van der Waals surface area contributed by atoms with Gasteiger partial charge in [-0.05, 0) is 61.2 Å². The molecule has 0 amide bonds. The van der Waals surface area contributed by atoms with Crippen molar-refractivity contribution >= 4 is 15.9 Å². The number of para-hydroxylation sites is 1. The summed E-state index contributed by atoms with van der Waals surface area (Å²) in [4.78, 5) is 2.39. The molecule has 2 saturated heterocycles. The summed E-state index contributed by atoms with van der Waals surface area (Å²) in [5.41, 5.74) is 3.11. The lowest BCUT2D eigenvalue weighted by Gasteiger charge is -2.47. The molecule has 2 aliphatic rings. The van der Waals surface area contributed by atoms with Crippen molar-refractivity contribution in [1.29, 1.82) is 0 Å². The second-order valence-corrected chi connectivity index (χ2v) is 11.1. The smallest absolute Gasteiger partial charge is 0.302 e. The quantitative estimate of drug-likeness (QED) is 0.563. The Morgan fingerprint density at radius 3 is 2.66 bits per heavy atom. The van der Waals surface area contributed by atoms with Gasteiger partial charge in [0.2, 0.25) is 0 Å². The number of hydrogen-bond acceptors (Lipinski definition) is 4. The van der Waals surface area contributed by atoms with E-state index in [1.165, 1.54) is 22.0 Å². The predicted octanol–water partition coefficient (Wildman–Crippen LogP) is 4.58. The van der Waals surface area contributed by atoms with E-state index in [-0.39, 0.29) is 6.04 Å². The zero-order valence-electron chi connectivity index (χ0n) is 19.9. The zero-order valence-corrected chi connectivity index (χ0v) is 20.8. The number of nitrogens with zero attached hydrogens (tertiary/aromatic N) is 2. The van der Waals surface area contributed by atoms with Gasteiger partial charge in [-0.2, -0.15) is 13.1 Å². The summed E-state index contributed by atoms with van der Waals surface area (Å²) in [5, 5.41) is 0. The fraction of sp³-hybridized carbons (Fsp3) is 0.333. The second kappa shape index (κ2) is 9.26. The van der Waals surface area contributed by atoms with Crippen LogP contribution < -0.4 is 13.8 Å². The minimum Gasteiger partial charge on any atom is -0.496 e. The van der Waals surface area contributed by atoms with Gasteiger partial charge >= 0.3 is 10.2 Å². The van der Waals surface area contributed by atoms with Crippen molar-refractivity contribution in [2.75, 3.05) is 24.5 Å². The Morgan fingerprint density at radius 1 is 1.09 bits per heavy atom. The maximum atomic E-state index is 14.0. The zero-order chi connectivity index (χ0) is 24.6. The lowest BCUT2D eigenvalue weighted by molar-refractivity contribution is 0.106. The molecule has 2 aliphatic heterocycles. The van der Waals surface area contributed by atoms with E-state index in [9.17, 15) is 12.8 Å². The molecule has 3 aromatic carbocycles. The number of nitrogens with one attached hydrogen (secondary N) is 1. The van der Waals surface area contributed by atoms with E-state index in [1.54, 1.807) is 19.2 Å². The van der Waals surface area contributed by atoms with Crippen molar-refractivity contribution in [3.63, 3.8) is 0 Å². The SMILES string of the molecule is COc1ccccc1-c1cccc(CN2CC[C@]3(CNS(=O)(=O)N3c3cccc(F)c3)C[C@@H]2C)c1. The van der Waals surface area contributed by atoms with Gasteiger partial charge < -0.3 is 4.74 Å². The molecule has 2 atom stereocenters. The first-order valence-corrected chi connectivity index (χ1v) is 13.3. The van der Waals surface area contributed by atoms with Crippen molar-refractivity contribution < 1.29 is 17.5 Å². The molecule has 5 rings (SSSR count). The number of rotatable bonds is 5. The maximum Gasteiger partial charge on any atom is 0.302 e. The molecular weight excluding hydrogens is 465 g/mol. The molecule has 0 radical (unpaired) electrons. The van der Waals surface area contributed by atoms with Crippen molar-refractivity contribution in [2.24, 2.45) is 0 Å². The Labute approximate surface area is 206 Å². The third-order valence-electron chi connectivity index (χ3n) is 7.19. The van der Waals surface area contributed by atoms with Crippen molar-refractivity contribution in [3.05, 3.63) is 84.2 Å². The number of piperidine rings is 1. The van der Waals surface area contributed by atoms with Crippen LogP contribution in [0.5, 0.6) is 5.75 Å². The fourth-order valence-corrected chi connectivity index (χ4v) is 7.23. The normalized spacial score (nSPS) is 24.1. The van der Waals surface area contributed by atoms with Crippen LogP contribution in [0.2, 0.25) is 0 Å². The Balaban J connectivity index is 1.36. The lowest BCUT2D eigenvalue weighted by atomic mass is 9.83. The third-order valence-corrected chi connectivity index (χ3v) is 8.78. The highest BCUT2D eigenvalue weighted by Crippen LogP contribution is 2.41. The Bertz CT molecular complexity index is 1330. The number of ether oxygens (including phenoxy) is 1. The van der Waals surface area contributed by atoms with Crippen LogP contribution in [-0.4, -0.2) is 45.1 Å². The Kier molecular flexibility index (Phi) is 6.29. The molecule has 1 N–H and O–H groups in total. The van der Waals surface area contributed by atoms with Crippen LogP contribution in [-0.2, 0) is 16.8 Å². The highest BCUT2D eigenvalue weighted by Gasteiger charge is 2.52. The summed E-state index contributed by atoms with van der Waals surface area (Å²) >= 11 is 0. The van der Waals surface area contributed by atoms with Gasteiger partial charge in [-0.3, -0.25) is 9.21 Å². The molecule has 0 unspecified atom stereocenters. The summed E-state index contributed by atoms with van der Waals surface area (Å²) in [6, 6.07) is 22.4. The fourth-order valence-electron chi connectivity index (χ4n) is 5.52. The Morgan fingerprint density at radius 2 is 1.89 bits per heavy atom. The molecule has 1 spiro atoms. The average molecular weight is 496 g/mol. The number of hydrogen-bond donors (Lipinski definition) is 1. The number of benzene rings is 3. The van der Waals surface area contributed by atoms with Crippen LogP contribution in [0.15, 0.2) is 72.8 Å². The third kappa shape index (κ3) is 4.53. The van der Waals surface area contributed by atoms with Gasteiger partial charge in [-0.15, -0.1) is 0 Å². The van der Waals surface area contributed by atoms with Crippen LogP contribution in [0, 0.1) is 5.82 Å². The first-order valence-electron chi connectivity index (χ1n) is 11.8. The van der Waals surface area contributed by atoms with Crippen molar-refractivity contribution in [1.82, 2.24) is 9.62 Å². The molecule has 0 aliphatic carbocycles. The first kappa shape index (κ1) is 23.8. The maximum absolute atomic E-state index is 14.0. The largest absolute Gasteiger partial charge is 0.496 e. The minimum absolute atomic E-state index is 0.143. The molecule has 35 heavy (non-hydrogen) atoms.